The van der Waals surface area contributed by atoms with E-state index in [1.165, 1.54) is 0 Å². The highest BCUT2D eigenvalue weighted by molar-refractivity contribution is 6.12. The van der Waals surface area contributed by atoms with Gasteiger partial charge in [0.25, 0.3) is 0 Å². The first-order valence-corrected chi connectivity index (χ1v) is 9.22. The molecule has 0 atom stereocenters. The zero-order valence-electron chi connectivity index (χ0n) is 15.9. The second-order valence-electron chi connectivity index (χ2n) is 6.47. The molecule has 2 aromatic rings. The summed E-state index contributed by atoms with van der Waals surface area (Å²) in [7, 11) is 1.63. The van der Waals surface area contributed by atoms with Gasteiger partial charge in [-0.05, 0) is 18.6 Å². The molecule has 0 saturated heterocycles. The molecule has 0 radical (unpaired) electrons. The Labute approximate surface area is 164 Å². The summed E-state index contributed by atoms with van der Waals surface area (Å²) in [5.74, 6) is -0.101. The van der Waals surface area contributed by atoms with Gasteiger partial charge in [-0.25, -0.2) is 4.79 Å². The molecule has 6 heteroatoms. The Morgan fingerprint density at radius 3 is 2.68 bits per heavy atom. The van der Waals surface area contributed by atoms with E-state index in [9.17, 15) is 4.79 Å². The molecule has 0 amide bonds. The van der Waals surface area contributed by atoms with Crippen LogP contribution >= 0.6 is 0 Å². The summed E-state index contributed by atoms with van der Waals surface area (Å²) in [6.07, 6.45) is 2.53. The third-order valence-corrected chi connectivity index (χ3v) is 4.55. The summed E-state index contributed by atoms with van der Waals surface area (Å²) in [6, 6.07) is 17.5. The third kappa shape index (κ3) is 5.20. The van der Waals surface area contributed by atoms with Gasteiger partial charge < -0.3 is 14.7 Å². The topological polar surface area (TPSA) is 71.4 Å². The molecule has 0 aliphatic carbocycles. The molecule has 1 N–H and O–H groups in total. The lowest BCUT2D eigenvalue weighted by atomic mass is 10.0. The lowest BCUT2D eigenvalue weighted by Crippen LogP contribution is -2.34. The average Bonchev–Trinajstić information content (AvgIpc) is 2.74. The van der Waals surface area contributed by atoms with E-state index < -0.39 is 5.97 Å². The normalized spacial score (nSPS) is 15.0. The Bertz CT molecular complexity index is 862. The number of hydrogen-bond donors (Lipinski definition) is 1. The van der Waals surface area contributed by atoms with E-state index >= 15 is 0 Å². The zero-order valence-corrected chi connectivity index (χ0v) is 15.9. The Balaban J connectivity index is 1.68. The second-order valence-corrected chi connectivity index (χ2v) is 6.47. The molecular weight excluding hydrogens is 356 g/mol. The number of hydrogen-bond acceptors (Lipinski definition) is 5. The minimum Gasteiger partial charge on any atom is -0.497 e. The number of carboxylic acid groups (broad SMARTS) is 1. The van der Waals surface area contributed by atoms with Crippen molar-refractivity contribution in [3.05, 3.63) is 77.4 Å². The lowest BCUT2D eigenvalue weighted by molar-refractivity contribution is -0.133. The second kappa shape index (κ2) is 9.71. The van der Waals surface area contributed by atoms with Crippen LogP contribution in [0, 0.1) is 0 Å². The number of rotatable bonds is 8. The van der Waals surface area contributed by atoms with Gasteiger partial charge in [0.15, 0.2) is 0 Å². The van der Waals surface area contributed by atoms with E-state index in [2.05, 4.69) is 10.1 Å². The van der Waals surface area contributed by atoms with Crippen LogP contribution in [0.15, 0.2) is 71.4 Å². The van der Waals surface area contributed by atoms with Crippen molar-refractivity contribution in [2.45, 2.75) is 6.42 Å². The zero-order chi connectivity index (χ0) is 19.8. The number of methoxy groups -OCH3 is 1. The minimum atomic E-state index is -0.854. The maximum absolute atomic E-state index is 11.1. The maximum atomic E-state index is 11.1. The van der Waals surface area contributed by atoms with Crippen molar-refractivity contribution in [3.8, 4) is 5.75 Å². The van der Waals surface area contributed by atoms with Gasteiger partial charge in [-0.2, -0.15) is 0 Å². The molecule has 0 saturated carbocycles. The number of nitrogens with zero attached hydrogens (tertiary/aromatic N) is 2. The van der Waals surface area contributed by atoms with Crippen LogP contribution in [-0.2, 0) is 9.63 Å². The van der Waals surface area contributed by atoms with Gasteiger partial charge in [0.2, 0.25) is 0 Å². The van der Waals surface area contributed by atoms with E-state index in [4.69, 9.17) is 14.7 Å². The summed E-state index contributed by atoms with van der Waals surface area (Å²) < 4.78 is 5.32. The molecule has 2 aromatic carbocycles. The monoisotopic (exact) mass is 380 g/mol. The molecule has 1 aliphatic rings. The molecule has 146 valence electrons. The van der Waals surface area contributed by atoms with Gasteiger partial charge in [-0.3, -0.25) is 4.90 Å². The molecule has 0 aromatic heterocycles. The smallest absolute Gasteiger partial charge is 0.332 e. The summed E-state index contributed by atoms with van der Waals surface area (Å²) in [5, 5.41) is 13.5. The molecule has 3 rings (SSSR count). The highest BCUT2D eigenvalue weighted by Gasteiger charge is 2.17. The first kappa shape index (κ1) is 19.6. The molecule has 0 spiro atoms. The first-order chi connectivity index (χ1) is 13.7. The van der Waals surface area contributed by atoms with Crippen LogP contribution in [0.25, 0.3) is 0 Å². The van der Waals surface area contributed by atoms with E-state index in [0.29, 0.717) is 25.3 Å². The van der Waals surface area contributed by atoms with Crippen molar-refractivity contribution < 1.29 is 19.5 Å². The first-order valence-electron chi connectivity index (χ1n) is 9.22. The van der Waals surface area contributed by atoms with Gasteiger partial charge in [0.1, 0.15) is 18.1 Å². The van der Waals surface area contributed by atoms with Crippen LogP contribution in [0.3, 0.4) is 0 Å². The summed E-state index contributed by atoms with van der Waals surface area (Å²) in [4.78, 5) is 18.8. The van der Waals surface area contributed by atoms with Gasteiger partial charge in [0, 0.05) is 36.3 Å². The van der Waals surface area contributed by atoms with Gasteiger partial charge in [0.05, 0.1) is 7.11 Å². The predicted molar refractivity (Wildman–Crippen MR) is 108 cm³/mol. The third-order valence-electron chi connectivity index (χ3n) is 4.55. The fraction of sp³-hybridized carbons (Fsp3) is 0.273. The fourth-order valence-electron chi connectivity index (χ4n) is 3.07. The predicted octanol–water partition coefficient (Wildman–Crippen LogP) is 3.18. The van der Waals surface area contributed by atoms with Crippen LogP contribution < -0.4 is 4.74 Å². The van der Waals surface area contributed by atoms with Gasteiger partial charge >= 0.3 is 5.97 Å². The number of benzene rings is 2. The molecular formula is C22H24N2O4. The number of ether oxygens (including phenoxy) is 1. The van der Waals surface area contributed by atoms with E-state index in [0.717, 1.165) is 35.6 Å². The molecule has 6 nitrogen and oxygen atoms in total. The average molecular weight is 380 g/mol. The molecule has 1 heterocycles. The number of oxime groups is 1. The van der Waals surface area contributed by atoms with Crippen LogP contribution in [0.2, 0.25) is 0 Å². The number of carboxylic acids is 1. The van der Waals surface area contributed by atoms with Crippen LogP contribution in [0.1, 0.15) is 17.5 Å². The quantitative estimate of drug-likeness (QED) is 0.433. The van der Waals surface area contributed by atoms with E-state index in [-0.39, 0.29) is 0 Å². The lowest BCUT2D eigenvalue weighted by Gasteiger charge is -2.24. The summed E-state index contributed by atoms with van der Waals surface area (Å²) in [5.41, 5.74) is 3.02. The van der Waals surface area contributed by atoms with Crippen LogP contribution in [-0.4, -0.2) is 55.0 Å². The Morgan fingerprint density at radius 2 is 1.93 bits per heavy atom. The highest BCUT2D eigenvalue weighted by Crippen LogP contribution is 2.17. The van der Waals surface area contributed by atoms with Gasteiger partial charge in [-0.15, -0.1) is 0 Å². The SMILES string of the molecule is COc1cccc(/C(=N/OCCN2CCC=C(C(=O)O)C2)c2ccccc2)c1. The van der Waals surface area contributed by atoms with Crippen molar-refractivity contribution in [1.82, 2.24) is 4.90 Å². The summed E-state index contributed by atoms with van der Waals surface area (Å²) >= 11 is 0. The van der Waals surface area contributed by atoms with E-state index in [1.54, 1.807) is 13.2 Å². The van der Waals surface area contributed by atoms with Crippen molar-refractivity contribution in [2.75, 3.05) is 33.4 Å². The van der Waals surface area contributed by atoms with Crippen molar-refractivity contribution in [3.63, 3.8) is 0 Å². The molecule has 28 heavy (non-hydrogen) atoms. The molecule has 1 aliphatic heterocycles. The Kier molecular flexibility index (Phi) is 6.81. The van der Waals surface area contributed by atoms with Crippen molar-refractivity contribution in [1.29, 1.82) is 0 Å². The number of aliphatic carboxylic acids is 1. The Morgan fingerprint density at radius 1 is 1.14 bits per heavy atom. The van der Waals surface area contributed by atoms with Gasteiger partial charge in [-0.1, -0.05) is 53.7 Å². The summed E-state index contributed by atoms with van der Waals surface area (Å²) in [6.45, 7) is 2.26. The largest absolute Gasteiger partial charge is 0.497 e. The fourth-order valence-corrected chi connectivity index (χ4v) is 3.07. The minimum absolute atomic E-state index is 0.382. The van der Waals surface area contributed by atoms with Crippen LogP contribution in [0.4, 0.5) is 0 Å². The van der Waals surface area contributed by atoms with E-state index in [1.807, 2.05) is 54.6 Å². The van der Waals surface area contributed by atoms with Crippen LogP contribution in [0.5, 0.6) is 5.75 Å². The molecule has 0 bridgehead atoms. The van der Waals surface area contributed by atoms with Crippen molar-refractivity contribution >= 4 is 11.7 Å². The molecule has 0 unspecified atom stereocenters. The standard InChI is InChI=1S/C22H24N2O4/c1-27-20-11-5-9-18(15-20)21(17-7-3-2-4-8-17)23-28-14-13-24-12-6-10-19(16-24)22(25)26/h2-5,7-11,15H,6,12-14,16H2,1H3,(H,25,26)/b23-21+. The molecule has 0 fully saturated rings. The highest BCUT2D eigenvalue weighted by atomic mass is 16.6. The van der Waals surface area contributed by atoms with Crippen molar-refractivity contribution in [2.24, 2.45) is 5.16 Å². The number of carbonyl (C=O) groups is 1. The Hall–Kier alpha value is -3.12. The maximum Gasteiger partial charge on any atom is 0.332 e.